The number of hydrogen-bond donors (Lipinski definition) is 3. The first-order chi connectivity index (χ1) is 25.7. The van der Waals surface area contributed by atoms with Crippen molar-refractivity contribution in [1.29, 1.82) is 0 Å². The molecule has 4 heteroatoms. The molecule has 3 N–H and O–H groups in total. The van der Waals surface area contributed by atoms with E-state index in [0.717, 1.165) is 44.9 Å². The summed E-state index contributed by atoms with van der Waals surface area (Å²) >= 11 is 0. The van der Waals surface area contributed by atoms with Crippen LogP contribution in [-0.4, -0.2) is 34.9 Å². The lowest BCUT2D eigenvalue weighted by Crippen LogP contribution is -2.45. The number of amides is 1. The second-order valence-corrected chi connectivity index (χ2v) is 15.8. The molecule has 2 atom stereocenters. The maximum absolute atomic E-state index is 12.2. The summed E-state index contributed by atoms with van der Waals surface area (Å²) in [5.74, 6) is -0.0407. The molecule has 2 unspecified atom stereocenters. The Hall–Kier alpha value is -1.39. The summed E-state index contributed by atoms with van der Waals surface area (Å²) in [6.45, 7) is 4.21. The van der Waals surface area contributed by atoms with Crippen molar-refractivity contribution in [3.8, 4) is 0 Å². The second-order valence-electron chi connectivity index (χ2n) is 15.8. The zero-order chi connectivity index (χ0) is 37.8. The molecule has 0 aliphatic rings. The third kappa shape index (κ3) is 39.8. The Kier molecular flexibility index (Phi) is 42.8. The van der Waals surface area contributed by atoms with Crippen molar-refractivity contribution < 1.29 is 15.0 Å². The van der Waals surface area contributed by atoms with E-state index in [1.165, 1.54) is 173 Å². The average molecular weight is 730 g/mol. The molecular weight excluding hydrogens is 639 g/mol. The van der Waals surface area contributed by atoms with E-state index >= 15 is 0 Å². The van der Waals surface area contributed by atoms with Crippen molar-refractivity contribution in [3.63, 3.8) is 0 Å². The highest BCUT2D eigenvalue weighted by molar-refractivity contribution is 5.76. The lowest BCUT2D eigenvalue weighted by molar-refractivity contribution is -0.123. The fourth-order valence-corrected chi connectivity index (χ4v) is 7.07. The van der Waals surface area contributed by atoms with Gasteiger partial charge in [0.05, 0.1) is 18.8 Å². The van der Waals surface area contributed by atoms with Crippen LogP contribution in [0.25, 0.3) is 0 Å². The molecule has 52 heavy (non-hydrogen) atoms. The largest absolute Gasteiger partial charge is 0.394 e. The maximum atomic E-state index is 12.2. The van der Waals surface area contributed by atoms with Crippen molar-refractivity contribution in [2.24, 2.45) is 0 Å². The molecule has 0 aromatic rings. The fourth-order valence-electron chi connectivity index (χ4n) is 7.07. The van der Waals surface area contributed by atoms with Gasteiger partial charge in [0, 0.05) is 6.42 Å². The Balaban J connectivity index is 3.30. The van der Waals surface area contributed by atoms with Gasteiger partial charge in [0.25, 0.3) is 0 Å². The number of carbonyl (C=O) groups is 1. The van der Waals surface area contributed by atoms with Gasteiger partial charge < -0.3 is 15.5 Å². The topological polar surface area (TPSA) is 69.6 Å². The van der Waals surface area contributed by atoms with Crippen LogP contribution in [0.5, 0.6) is 0 Å². The Morgan fingerprint density at radius 2 is 0.788 bits per heavy atom. The van der Waals surface area contributed by atoms with E-state index in [1.54, 1.807) is 0 Å². The minimum atomic E-state index is -0.653. The third-order valence-electron chi connectivity index (χ3n) is 10.7. The van der Waals surface area contributed by atoms with Crippen molar-refractivity contribution in [2.45, 2.75) is 257 Å². The van der Waals surface area contributed by atoms with E-state index in [4.69, 9.17) is 0 Å². The fraction of sp³-hybridized carbons (Fsp3) is 0.854. The Morgan fingerprint density at radius 1 is 0.462 bits per heavy atom. The van der Waals surface area contributed by atoms with Gasteiger partial charge in [0.1, 0.15) is 0 Å². The van der Waals surface area contributed by atoms with E-state index in [0.29, 0.717) is 12.8 Å². The minimum Gasteiger partial charge on any atom is -0.394 e. The van der Waals surface area contributed by atoms with E-state index in [2.05, 4.69) is 55.6 Å². The molecule has 0 saturated heterocycles. The van der Waals surface area contributed by atoms with E-state index in [1.807, 2.05) is 0 Å². The highest BCUT2D eigenvalue weighted by Gasteiger charge is 2.19. The van der Waals surface area contributed by atoms with Crippen LogP contribution in [0, 0.1) is 0 Å². The first kappa shape index (κ1) is 50.6. The van der Waals surface area contributed by atoms with Crippen LogP contribution in [0.1, 0.15) is 245 Å². The smallest absolute Gasteiger partial charge is 0.220 e. The molecule has 306 valence electrons. The molecule has 0 saturated carbocycles. The van der Waals surface area contributed by atoms with E-state index in [-0.39, 0.29) is 12.5 Å². The average Bonchev–Trinajstić information content (AvgIpc) is 3.15. The molecule has 0 bridgehead atoms. The van der Waals surface area contributed by atoms with Gasteiger partial charge in [-0.3, -0.25) is 4.79 Å². The number of aliphatic hydroxyl groups is 2. The predicted octanol–water partition coefficient (Wildman–Crippen LogP) is 14.6. The summed E-state index contributed by atoms with van der Waals surface area (Å²) in [7, 11) is 0. The molecule has 0 rings (SSSR count). The summed E-state index contributed by atoms with van der Waals surface area (Å²) in [6, 6.07) is -0.529. The molecule has 0 fully saturated rings. The molecular formula is C48H91NO3. The zero-order valence-corrected chi connectivity index (χ0v) is 35.1. The molecule has 0 aliphatic heterocycles. The monoisotopic (exact) mass is 730 g/mol. The summed E-state index contributed by atoms with van der Waals surface area (Å²) in [5.41, 5.74) is 0. The van der Waals surface area contributed by atoms with Crippen LogP contribution >= 0.6 is 0 Å². The molecule has 0 spiro atoms. The van der Waals surface area contributed by atoms with Gasteiger partial charge in [-0.1, -0.05) is 224 Å². The van der Waals surface area contributed by atoms with Crippen LogP contribution in [-0.2, 0) is 4.79 Å². The lowest BCUT2D eigenvalue weighted by atomic mass is 10.0. The SMILES string of the molecule is CCCCCCC/C=C\C/C=C\C/C=C\CCCCCCCCCCCCCCCCCCCCCCCCC(=O)NC(CO)C(O)CCCCC. The minimum absolute atomic E-state index is 0.0407. The van der Waals surface area contributed by atoms with Crippen LogP contribution in [0.2, 0.25) is 0 Å². The van der Waals surface area contributed by atoms with Crippen molar-refractivity contribution in [1.82, 2.24) is 5.32 Å². The van der Waals surface area contributed by atoms with Gasteiger partial charge in [-0.05, 0) is 51.4 Å². The predicted molar refractivity (Wildman–Crippen MR) is 230 cm³/mol. The summed E-state index contributed by atoms with van der Waals surface area (Å²) in [6.07, 6.45) is 58.9. The van der Waals surface area contributed by atoms with Crippen LogP contribution in [0.3, 0.4) is 0 Å². The number of aliphatic hydroxyl groups excluding tert-OH is 2. The number of carbonyl (C=O) groups excluding carboxylic acids is 1. The standard InChI is InChI=1S/C48H91NO3/c1-3-5-7-8-9-10-11-12-13-14-15-16-17-18-19-20-21-22-23-24-25-26-27-28-29-30-31-32-33-34-35-36-37-38-39-40-42-44-48(52)49-46(45-50)47(51)43-41-6-4-2/h11-12,14-15,17-18,46-47,50-51H,3-10,13,16,19-45H2,1-2H3,(H,49,52)/b12-11-,15-14-,18-17-. The number of nitrogens with one attached hydrogen (secondary N) is 1. The number of allylic oxidation sites excluding steroid dienone is 6. The second kappa shape index (κ2) is 44.0. The molecule has 0 aliphatic carbocycles. The molecule has 1 amide bonds. The van der Waals surface area contributed by atoms with Gasteiger partial charge in [-0.2, -0.15) is 0 Å². The van der Waals surface area contributed by atoms with Gasteiger partial charge in [-0.25, -0.2) is 0 Å². The summed E-state index contributed by atoms with van der Waals surface area (Å²) in [4.78, 5) is 12.2. The van der Waals surface area contributed by atoms with Crippen LogP contribution < -0.4 is 5.32 Å². The first-order valence-electron chi connectivity index (χ1n) is 23.2. The van der Waals surface area contributed by atoms with Crippen molar-refractivity contribution in [3.05, 3.63) is 36.5 Å². The zero-order valence-electron chi connectivity index (χ0n) is 35.1. The van der Waals surface area contributed by atoms with Crippen LogP contribution in [0.15, 0.2) is 36.5 Å². The highest BCUT2D eigenvalue weighted by atomic mass is 16.3. The lowest BCUT2D eigenvalue weighted by Gasteiger charge is -2.22. The Labute approximate surface area is 325 Å². The molecule has 0 heterocycles. The molecule has 0 radical (unpaired) electrons. The van der Waals surface area contributed by atoms with E-state index < -0.39 is 12.1 Å². The van der Waals surface area contributed by atoms with Gasteiger partial charge >= 0.3 is 0 Å². The molecule has 0 aromatic heterocycles. The molecule has 0 aromatic carbocycles. The Morgan fingerprint density at radius 3 is 1.17 bits per heavy atom. The quantitative estimate of drug-likeness (QED) is 0.0433. The normalized spacial score (nSPS) is 13.2. The molecule has 4 nitrogen and oxygen atoms in total. The number of unbranched alkanes of at least 4 members (excludes halogenated alkanes) is 29. The van der Waals surface area contributed by atoms with Gasteiger partial charge in [-0.15, -0.1) is 0 Å². The third-order valence-corrected chi connectivity index (χ3v) is 10.7. The summed E-state index contributed by atoms with van der Waals surface area (Å²) in [5, 5.41) is 22.6. The number of rotatable bonds is 42. The summed E-state index contributed by atoms with van der Waals surface area (Å²) < 4.78 is 0. The Bertz CT molecular complexity index is 790. The van der Waals surface area contributed by atoms with Gasteiger partial charge in [0.15, 0.2) is 0 Å². The maximum Gasteiger partial charge on any atom is 0.220 e. The van der Waals surface area contributed by atoms with Crippen molar-refractivity contribution in [2.75, 3.05) is 6.61 Å². The van der Waals surface area contributed by atoms with Gasteiger partial charge in [0.2, 0.25) is 5.91 Å². The van der Waals surface area contributed by atoms with E-state index in [9.17, 15) is 15.0 Å². The van der Waals surface area contributed by atoms with Crippen molar-refractivity contribution >= 4 is 5.91 Å². The highest BCUT2D eigenvalue weighted by Crippen LogP contribution is 2.16. The van der Waals surface area contributed by atoms with Crippen LogP contribution in [0.4, 0.5) is 0 Å². The number of hydrogen-bond acceptors (Lipinski definition) is 3. The first-order valence-corrected chi connectivity index (χ1v) is 23.2.